The lowest BCUT2D eigenvalue weighted by molar-refractivity contribution is 0.0938. The third-order valence-electron chi connectivity index (χ3n) is 5.47. The third kappa shape index (κ3) is 3.98. The van der Waals surface area contributed by atoms with Crippen LogP contribution in [0.2, 0.25) is 0 Å². The predicted molar refractivity (Wildman–Crippen MR) is 109 cm³/mol. The molecule has 0 aliphatic carbocycles. The van der Waals surface area contributed by atoms with Gasteiger partial charge in [-0.1, -0.05) is 13.8 Å². The summed E-state index contributed by atoms with van der Waals surface area (Å²) in [4.78, 5) is 28.2. The highest BCUT2D eigenvalue weighted by atomic mass is 32.2. The van der Waals surface area contributed by atoms with Gasteiger partial charge < -0.3 is 10.3 Å². The van der Waals surface area contributed by atoms with Crippen molar-refractivity contribution in [3.63, 3.8) is 0 Å². The Bertz CT molecular complexity index is 1040. The van der Waals surface area contributed by atoms with Crippen LogP contribution in [0.15, 0.2) is 34.1 Å². The molecule has 1 unspecified atom stereocenters. The Morgan fingerprint density at radius 3 is 2.64 bits per heavy atom. The molecule has 3 rings (SSSR count). The van der Waals surface area contributed by atoms with Crippen molar-refractivity contribution in [3.05, 3.63) is 40.2 Å². The molecule has 0 radical (unpaired) electrons. The lowest BCUT2D eigenvalue weighted by Gasteiger charge is -2.29. The van der Waals surface area contributed by atoms with Gasteiger partial charge in [-0.05, 0) is 50.3 Å². The van der Waals surface area contributed by atoms with Crippen LogP contribution in [0.1, 0.15) is 50.4 Å². The fraction of sp³-hybridized carbons (Fsp3) is 0.500. The van der Waals surface area contributed by atoms with Gasteiger partial charge in [0.15, 0.2) is 0 Å². The molecule has 1 aliphatic rings. The van der Waals surface area contributed by atoms with Crippen LogP contribution in [0.3, 0.4) is 0 Å². The number of amides is 1. The lowest BCUT2D eigenvalue weighted by atomic mass is 10.0. The highest BCUT2D eigenvalue weighted by Gasteiger charge is 2.28. The molecule has 1 aliphatic heterocycles. The van der Waals surface area contributed by atoms with Gasteiger partial charge in [0.1, 0.15) is 5.56 Å². The molecule has 2 aromatic rings. The van der Waals surface area contributed by atoms with E-state index in [4.69, 9.17) is 0 Å². The number of nitrogens with zero attached hydrogens (tertiary/aromatic N) is 1. The second-order valence-electron chi connectivity index (χ2n) is 7.61. The fourth-order valence-electron chi connectivity index (χ4n) is 3.30. The van der Waals surface area contributed by atoms with E-state index in [1.54, 1.807) is 6.07 Å². The van der Waals surface area contributed by atoms with Crippen LogP contribution in [0.25, 0.3) is 10.9 Å². The molecule has 1 saturated heterocycles. The molecule has 152 valence electrons. The van der Waals surface area contributed by atoms with Crippen molar-refractivity contribution in [2.45, 2.75) is 51.0 Å². The largest absolute Gasteiger partial charge is 0.360 e. The Morgan fingerprint density at radius 1 is 1.32 bits per heavy atom. The molecule has 1 fully saturated rings. The van der Waals surface area contributed by atoms with Crippen molar-refractivity contribution in [3.8, 4) is 0 Å². The summed E-state index contributed by atoms with van der Waals surface area (Å²) < 4.78 is 27.4. The van der Waals surface area contributed by atoms with E-state index in [0.717, 1.165) is 19.3 Å². The summed E-state index contributed by atoms with van der Waals surface area (Å²) in [5, 5.41) is 2.96. The standard InChI is InChI=1S/C20H27N3O4S/c1-4-14(3)22-20(25)17-12-21-18-6-5-15(11-16(18)19(17)24)28(26,27)23-9-7-13(2)8-10-23/h5-6,11-14H,4,7-10H2,1-3H3,(H,21,24)(H,22,25). The van der Waals surface area contributed by atoms with E-state index >= 15 is 0 Å². The molecule has 2 N–H and O–H groups in total. The maximum Gasteiger partial charge on any atom is 0.256 e. The maximum atomic E-state index is 13.0. The predicted octanol–water partition coefficient (Wildman–Crippen LogP) is 2.48. The number of H-pyrrole nitrogens is 1. The Kier molecular flexibility index (Phi) is 5.90. The van der Waals surface area contributed by atoms with Gasteiger partial charge in [-0.15, -0.1) is 0 Å². The van der Waals surface area contributed by atoms with E-state index in [0.29, 0.717) is 24.5 Å². The van der Waals surface area contributed by atoms with Gasteiger partial charge in [0.05, 0.1) is 4.90 Å². The number of benzene rings is 1. The van der Waals surface area contributed by atoms with E-state index in [2.05, 4.69) is 17.2 Å². The average molecular weight is 406 g/mol. The minimum Gasteiger partial charge on any atom is -0.360 e. The fourth-order valence-corrected chi connectivity index (χ4v) is 4.80. The first-order valence-corrected chi connectivity index (χ1v) is 11.1. The number of carbonyl (C=O) groups excluding carboxylic acids is 1. The highest BCUT2D eigenvalue weighted by molar-refractivity contribution is 7.89. The van der Waals surface area contributed by atoms with E-state index in [-0.39, 0.29) is 21.9 Å². The Labute approximate surface area is 165 Å². The van der Waals surface area contributed by atoms with E-state index < -0.39 is 21.4 Å². The number of aromatic nitrogens is 1. The number of aromatic amines is 1. The number of piperidine rings is 1. The second kappa shape index (κ2) is 8.05. The molecule has 0 saturated carbocycles. The SMILES string of the molecule is CCC(C)NC(=O)c1c[nH]c2ccc(S(=O)(=O)N3CCC(C)CC3)cc2c1=O. The van der Waals surface area contributed by atoms with Crippen LogP contribution in [0.4, 0.5) is 0 Å². The zero-order chi connectivity index (χ0) is 20.5. The summed E-state index contributed by atoms with van der Waals surface area (Å²) in [5.41, 5.74) is 0.00400. The summed E-state index contributed by atoms with van der Waals surface area (Å²) in [7, 11) is -3.67. The molecule has 7 nitrogen and oxygen atoms in total. The molecular weight excluding hydrogens is 378 g/mol. The molecule has 1 aromatic carbocycles. The topological polar surface area (TPSA) is 99.3 Å². The number of sulfonamides is 1. The first-order valence-electron chi connectivity index (χ1n) is 9.70. The van der Waals surface area contributed by atoms with Gasteiger partial charge in [-0.25, -0.2) is 8.42 Å². The van der Waals surface area contributed by atoms with E-state index in [1.807, 2.05) is 13.8 Å². The summed E-state index contributed by atoms with van der Waals surface area (Å²) in [6, 6.07) is 4.40. The van der Waals surface area contributed by atoms with E-state index in [9.17, 15) is 18.0 Å². The molecule has 0 spiro atoms. The average Bonchev–Trinajstić information content (AvgIpc) is 2.68. The van der Waals surface area contributed by atoms with Gasteiger partial charge in [-0.2, -0.15) is 4.31 Å². The van der Waals surface area contributed by atoms with Crippen molar-refractivity contribution < 1.29 is 13.2 Å². The first-order chi connectivity index (χ1) is 13.2. The van der Waals surface area contributed by atoms with Gasteiger partial charge >= 0.3 is 0 Å². The Hall–Kier alpha value is -2.19. The summed E-state index contributed by atoms with van der Waals surface area (Å²) in [6.07, 6.45) is 3.78. The highest BCUT2D eigenvalue weighted by Crippen LogP contribution is 2.24. The van der Waals surface area contributed by atoms with Crippen LogP contribution in [0.5, 0.6) is 0 Å². The van der Waals surface area contributed by atoms with Crippen LogP contribution in [-0.2, 0) is 10.0 Å². The lowest BCUT2D eigenvalue weighted by Crippen LogP contribution is -2.38. The Morgan fingerprint density at radius 2 is 2.00 bits per heavy atom. The van der Waals surface area contributed by atoms with Crippen LogP contribution in [-0.4, -0.2) is 42.7 Å². The van der Waals surface area contributed by atoms with Crippen LogP contribution >= 0.6 is 0 Å². The van der Waals surface area contributed by atoms with E-state index in [1.165, 1.54) is 22.6 Å². The number of carbonyl (C=O) groups is 1. The number of rotatable bonds is 5. The zero-order valence-corrected chi connectivity index (χ0v) is 17.3. The molecule has 1 aromatic heterocycles. The van der Waals surface area contributed by atoms with Crippen LogP contribution in [0, 0.1) is 5.92 Å². The number of hydrogen-bond acceptors (Lipinski definition) is 4. The molecule has 1 atom stereocenters. The summed E-state index contributed by atoms with van der Waals surface area (Å²) in [6.45, 7) is 6.88. The van der Waals surface area contributed by atoms with Crippen LogP contribution < -0.4 is 10.7 Å². The van der Waals surface area contributed by atoms with Gasteiger partial charge in [-0.3, -0.25) is 9.59 Å². The molecule has 28 heavy (non-hydrogen) atoms. The zero-order valence-electron chi connectivity index (χ0n) is 16.5. The van der Waals surface area contributed by atoms with Crippen molar-refractivity contribution in [2.24, 2.45) is 5.92 Å². The molecule has 8 heteroatoms. The number of fused-ring (bicyclic) bond motifs is 1. The Balaban J connectivity index is 1.99. The quantitative estimate of drug-likeness (QED) is 0.798. The number of hydrogen-bond donors (Lipinski definition) is 2. The van der Waals surface area contributed by atoms with Gasteiger partial charge in [0, 0.05) is 36.2 Å². The van der Waals surface area contributed by atoms with Gasteiger partial charge in [0.2, 0.25) is 15.5 Å². The number of pyridine rings is 1. The molecule has 1 amide bonds. The summed E-state index contributed by atoms with van der Waals surface area (Å²) in [5.74, 6) is 0.0493. The minimum absolute atomic E-state index is 0.0193. The monoisotopic (exact) mass is 405 g/mol. The normalized spacial score (nSPS) is 17.5. The second-order valence-corrected chi connectivity index (χ2v) is 9.55. The molecule has 2 heterocycles. The maximum absolute atomic E-state index is 13.0. The van der Waals surface area contributed by atoms with Crippen molar-refractivity contribution in [1.29, 1.82) is 0 Å². The van der Waals surface area contributed by atoms with Crippen molar-refractivity contribution in [1.82, 2.24) is 14.6 Å². The van der Waals surface area contributed by atoms with Gasteiger partial charge in [0.25, 0.3) is 5.91 Å². The van der Waals surface area contributed by atoms with Crippen molar-refractivity contribution >= 4 is 26.8 Å². The first kappa shape index (κ1) is 20.5. The molecular formula is C20H27N3O4S. The molecule has 0 bridgehead atoms. The smallest absolute Gasteiger partial charge is 0.256 e. The van der Waals surface area contributed by atoms with Crippen molar-refractivity contribution in [2.75, 3.05) is 13.1 Å². The summed E-state index contributed by atoms with van der Waals surface area (Å²) >= 11 is 0. The minimum atomic E-state index is -3.67. The third-order valence-corrected chi connectivity index (χ3v) is 7.36. The number of nitrogens with one attached hydrogen (secondary N) is 2.